The van der Waals surface area contributed by atoms with Crippen molar-refractivity contribution >= 4 is 0 Å². The summed E-state index contributed by atoms with van der Waals surface area (Å²) in [7, 11) is 0. The van der Waals surface area contributed by atoms with Gasteiger partial charge in [0.1, 0.15) is 11.6 Å². The Morgan fingerprint density at radius 3 is 2.47 bits per heavy atom. The molecule has 0 bridgehead atoms. The van der Waals surface area contributed by atoms with Crippen LogP contribution < -0.4 is 5.56 Å². The summed E-state index contributed by atoms with van der Waals surface area (Å²) in [6.45, 7) is 2.15. The van der Waals surface area contributed by atoms with Crippen molar-refractivity contribution in [3.63, 3.8) is 0 Å². The van der Waals surface area contributed by atoms with Gasteiger partial charge in [0.15, 0.2) is 0 Å². The second-order valence-electron chi connectivity index (χ2n) is 4.21. The van der Waals surface area contributed by atoms with Gasteiger partial charge < -0.3 is 0 Å². The van der Waals surface area contributed by atoms with E-state index in [-0.39, 0.29) is 17.7 Å². The number of terminal acetylenes is 1. The zero-order chi connectivity index (χ0) is 13.8. The summed E-state index contributed by atoms with van der Waals surface area (Å²) >= 11 is 0. The lowest BCUT2D eigenvalue weighted by atomic mass is 10.1. The molecule has 0 amide bonds. The SMILES string of the molecule is C#CCn1c(-c2ccc(C)cc2)ccc(C#N)c1=O. The summed E-state index contributed by atoms with van der Waals surface area (Å²) in [5, 5.41) is 8.89. The lowest BCUT2D eigenvalue weighted by Gasteiger charge is -2.11. The molecule has 1 aromatic carbocycles. The van der Waals surface area contributed by atoms with Crippen LogP contribution >= 0.6 is 0 Å². The van der Waals surface area contributed by atoms with E-state index in [0.29, 0.717) is 0 Å². The molecular weight excluding hydrogens is 236 g/mol. The maximum atomic E-state index is 12.1. The van der Waals surface area contributed by atoms with Crippen LogP contribution in [-0.2, 0) is 6.54 Å². The molecule has 92 valence electrons. The Balaban J connectivity index is 2.68. The minimum absolute atomic E-state index is 0.103. The molecule has 0 radical (unpaired) electrons. The zero-order valence-corrected chi connectivity index (χ0v) is 10.6. The third kappa shape index (κ3) is 2.41. The van der Waals surface area contributed by atoms with Crippen LogP contribution in [0.2, 0.25) is 0 Å². The largest absolute Gasteiger partial charge is 0.296 e. The number of nitrogens with zero attached hydrogens (tertiary/aromatic N) is 2. The molecule has 3 nitrogen and oxygen atoms in total. The van der Waals surface area contributed by atoms with Crippen molar-refractivity contribution in [3.8, 4) is 29.7 Å². The van der Waals surface area contributed by atoms with E-state index >= 15 is 0 Å². The molecule has 0 saturated heterocycles. The van der Waals surface area contributed by atoms with Crippen LogP contribution in [0.1, 0.15) is 11.1 Å². The Morgan fingerprint density at radius 1 is 1.21 bits per heavy atom. The van der Waals surface area contributed by atoms with E-state index in [1.807, 2.05) is 37.3 Å². The van der Waals surface area contributed by atoms with E-state index < -0.39 is 0 Å². The van der Waals surface area contributed by atoms with E-state index in [2.05, 4.69) is 5.92 Å². The molecule has 0 N–H and O–H groups in total. The fourth-order valence-corrected chi connectivity index (χ4v) is 1.89. The van der Waals surface area contributed by atoms with E-state index in [1.165, 1.54) is 10.6 Å². The molecule has 0 saturated carbocycles. The predicted octanol–water partition coefficient (Wildman–Crippen LogP) is 2.33. The van der Waals surface area contributed by atoms with Crippen molar-refractivity contribution < 1.29 is 0 Å². The topological polar surface area (TPSA) is 45.8 Å². The van der Waals surface area contributed by atoms with E-state index in [0.717, 1.165) is 16.8 Å². The molecule has 0 aliphatic rings. The fourth-order valence-electron chi connectivity index (χ4n) is 1.89. The van der Waals surface area contributed by atoms with Crippen molar-refractivity contribution in [1.29, 1.82) is 5.26 Å². The minimum atomic E-state index is -0.349. The van der Waals surface area contributed by atoms with Crippen molar-refractivity contribution in [1.82, 2.24) is 4.57 Å². The van der Waals surface area contributed by atoms with Gasteiger partial charge in [0, 0.05) is 0 Å². The third-order valence-corrected chi connectivity index (χ3v) is 2.89. The van der Waals surface area contributed by atoms with Crippen LogP contribution in [0.25, 0.3) is 11.3 Å². The monoisotopic (exact) mass is 248 g/mol. The number of hydrogen-bond acceptors (Lipinski definition) is 2. The molecule has 2 rings (SSSR count). The van der Waals surface area contributed by atoms with Gasteiger partial charge in [0.05, 0.1) is 12.2 Å². The number of nitriles is 1. The molecule has 0 spiro atoms. The Hall–Kier alpha value is -2.78. The maximum absolute atomic E-state index is 12.1. The van der Waals surface area contributed by atoms with Crippen molar-refractivity contribution in [3.05, 3.63) is 57.9 Å². The van der Waals surface area contributed by atoms with Crippen LogP contribution in [0.5, 0.6) is 0 Å². The van der Waals surface area contributed by atoms with E-state index in [9.17, 15) is 4.79 Å². The molecule has 19 heavy (non-hydrogen) atoms. The first-order chi connectivity index (χ1) is 9.17. The second-order valence-corrected chi connectivity index (χ2v) is 4.21. The molecule has 3 heteroatoms. The Bertz CT molecular complexity index is 740. The summed E-state index contributed by atoms with van der Waals surface area (Å²) in [4.78, 5) is 12.1. The smallest absolute Gasteiger partial charge is 0.269 e. The third-order valence-electron chi connectivity index (χ3n) is 2.89. The second kappa shape index (κ2) is 5.25. The first kappa shape index (κ1) is 12.7. The van der Waals surface area contributed by atoms with E-state index in [4.69, 9.17) is 11.7 Å². The first-order valence-electron chi connectivity index (χ1n) is 5.82. The lowest BCUT2D eigenvalue weighted by Crippen LogP contribution is -2.23. The van der Waals surface area contributed by atoms with Crippen molar-refractivity contribution in [2.45, 2.75) is 13.5 Å². The highest BCUT2D eigenvalue weighted by atomic mass is 16.1. The van der Waals surface area contributed by atoms with Crippen LogP contribution in [0, 0.1) is 30.6 Å². The number of rotatable bonds is 2. The first-order valence-corrected chi connectivity index (χ1v) is 5.82. The predicted molar refractivity (Wildman–Crippen MR) is 74.4 cm³/mol. The normalized spacial score (nSPS) is 9.63. The molecule has 1 heterocycles. The number of pyridine rings is 1. The van der Waals surface area contributed by atoms with Crippen molar-refractivity contribution in [2.75, 3.05) is 0 Å². The Morgan fingerprint density at radius 2 is 1.89 bits per heavy atom. The average Bonchev–Trinajstić information content (AvgIpc) is 2.42. The number of benzene rings is 1. The number of aryl methyl sites for hydroxylation is 1. The van der Waals surface area contributed by atoms with Crippen LogP contribution in [0.3, 0.4) is 0 Å². The molecule has 0 aliphatic heterocycles. The van der Waals surface area contributed by atoms with Gasteiger partial charge in [0.2, 0.25) is 0 Å². The lowest BCUT2D eigenvalue weighted by molar-refractivity contribution is 0.802. The molecule has 2 aromatic rings. The Labute approximate surface area is 111 Å². The van der Waals surface area contributed by atoms with Gasteiger partial charge in [-0.1, -0.05) is 35.7 Å². The Kier molecular flexibility index (Phi) is 3.50. The van der Waals surface area contributed by atoms with Gasteiger partial charge in [-0.05, 0) is 24.6 Å². The highest BCUT2D eigenvalue weighted by Crippen LogP contribution is 2.18. The fraction of sp³-hybridized carbons (Fsp3) is 0.125. The highest BCUT2D eigenvalue weighted by Gasteiger charge is 2.09. The van der Waals surface area contributed by atoms with Gasteiger partial charge in [-0.25, -0.2) is 0 Å². The van der Waals surface area contributed by atoms with Crippen molar-refractivity contribution in [2.24, 2.45) is 0 Å². The summed E-state index contributed by atoms with van der Waals surface area (Å²) in [5.74, 6) is 2.45. The summed E-state index contributed by atoms with van der Waals surface area (Å²) in [6, 6.07) is 13.0. The maximum Gasteiger partial charge on any atom is 0.269 e. The number of aromatic nitrogens is 1. The molecular formula is C16H12N2O. The molecule has 1 aromatic heterocycles. The quantitative estimate of drug-likeness (QED) is 0.766. The molecule has 0 fully saturated rings. The summed E-state index contributed by atoms with van der Waals surface area (Å²) in [5.41, 5.74) is 2.53. The van der Waals surface area contributed by atoms with Gasteiger partial charge in [-0.3, -0.25) is 9.36 Å². The van der Waals surface area contributed by atoms with Gasteiger partial charge in [-0.15, -0.1) is 6.42 Å². The number of hydrogen-bond donors (Lipinski definition) is 0. The standard InChI is InChI=1S/C16H12N2O/c1-3-10-18-15(9-8-14(11-17)16(18)19)13-6-4-12(2)5-7-13/h1,4-9H,10H2,2H3. The van der Waals surface area contributed by atoms with Gasteiger partial charge in [0.25, 0.3) is 5.56 Å². The highest BCUT2D eigenvalue weighted by molar-refractivity contribution is 5.61. The van der Waals surface area contributed by atoms with Crippen LogP contribution in [0.15, 0.2) is 41.2 Å². The average molecular weight is 248 g/mol. The molecule has 0 unspecified atom stereocenters. The van der Waals surface area contributed by atoms with Crippen LogP contribution in [0.4, 0.5) is 0 Å². The van der Waals surface area contributed by atoms with Gasteiger partial charge >= 0.3 is 0 Å². The van der Waals surface area contributed by atoms with Gasteiger partial charge in [-0.2, -0.15) is 5.26 Å². The zero-order valence-electron chi connectivity index (χ0n) is 10.6. The van der Waals surface area contributed by atoms with E-state index in [1.54, 1.807) is 6.07 Å². The summed E-state index contributed by atoms with van der Waals surface area (Å²) in [6.07, 6.45) is 5.30. The summed E-state index contributed by atoms with van der Waals surface area (Å²) < 4.78 is 1.45. The minimum Gasteiger partial charge on any atom is -0.296 e. The molecule has 0 aliphatic carbocycles. The van der Waals surface area contributed by atoms with Crippen LogP contribution in [-0.4, -0.2) is 4.57 Å². The molecule has 0 atom stereocenters.